The lowest BCUT2D eigenvalue weighted by Crippen LogP contribution is -2.16. The lowest BCUT2D eigenvalue weighted by molar-refractivity contribution is 0.102. The maximum absolute atomic E-state index is 13.0. The number of anilines is 2. The van der Waals surface area contributed by atoms with Crippen molar-refractivity contribution in [3.8, 4) is 0 Å². The van der Waals surface area contributed by atoms with Gasteiger partial charge in [-0.05, 0) is 29.0 Å². The monoisotopic (exact) mass is 465 g/mol. The number of para-hydroxylation sites is 1. The van der Waals surface area contributed by atoms with Gasteiger partial charge in [-0.15, -0.1) is 5.10 Å². The van der Waals surface area contributed by atoms with Crippen molar-refractivity contribution in [2.24, 2.45) is 15.4 Å². The number of amides is 1. The summed E-state index contributed by atoms with van der Waals surface area (Å²) < 4.78 is 0. The molecular formula is C26H23N7O2. The lowest BCUT2D eigenvalue weighted by atomic mass is 10.00. The molecular weight excluding hydrogens is 442 g/mol. The van der Waals surface area contributed by atoms with Gasteiger partial charge < -0.3 is 15.7 Å². The molecule has 0 bridgehead atoms. The average molecular weight is 466 g/mol. The largest absolute Gasteiger partial charge is 0.384 e. The molecule has 3 aromatic carbocycles. The number of benzene rings is 3. The van der Waals surface area contributed by atoms with Crippen LogP contribution in [0.1, 0.15) is 38.8 Å². The van der Waals surface area contributed by atoms with Crippen molar-refractivity contribution in [2.75, 3.05) is 17.2 Å². The molecule has 4 N–H and O–H groups in total. The Morgan fingerprint density at radius 1 is 1.03 bits per heavy atom. The number of aliphatic hydroxyl groups excluding tert-OH is 1. The van der Waals surface area contributed by atoms with E-state index in [1.54, 1.807) is 12.3 Å². The smallest absolute Gasteiger partial charge is 0.274 e. The number of rotatable bonds is 8. The Hall–Kier alpha value is -4.63. The number of nitrogens with zero attached hydrogens (tertiary/aromatic N) is 4. The first kappa shape index (κ1) is 22.2. The first-order valence-corrected chi connectivity index (χ1v) is 11.1. The van der Waals surface area contributed by atoms with E-state index in [1.807, 2.05) is 72.8 Å². The SMILES string of the molecule is O=C(Nc1cccc(C2=NN=NC2)c1)c1[nH]ncc1CNc1ccccc1[C@H](O)c1ccccc1. The molecule has 1 aliphatic heterocycles. The number of carbonyl (C=O) groups is 1. The summed E-state index contributed by atoms with van der Waals surface area (Å²) in [6, 6.07) is 24.4. The fraction of sp³-hybridized carbons (Fsp3) is 0.115. The molecule has 35 heavy (non-hydrogen) atoms. The Morgan fingerprint density at radius 2 is 1.86 bits per heavy atom. The second-order valence-corrected chi connectivity index (χ2v) is 7.99. The second-order valence-electron chi connectivity index (χ2n) is 7.99. The van der Waals surface area contributed by atoms with Gasteiger partial charge in [0.05, 0.1) is 11.9 Å². The minimum absolute atomic E-state index is 0.309. The van der Waals surface area contributed by atoms with Gasteiger partial charge in [-0.25, -0.2) is 0 Å². The van der Waals surface area contributed by atoms with Crippen LogP contribution in [0.15, 0.2) is 100 Å². The van der Waals surface area contributed by atoms with Gasteiger partial charge in [-0.2, -0.15) is 10.2 Å². The first-order valence-electron chi connectivity index (χ1n) is 11.1. The highest BCUT2D eigenvalue weighted by molar-refractivity contribution is 6.06. The van der Waals surface area contributed by atoms with E-state index < -0.39 is 6.10 Å². The highest BCUT2D eigenvalue weighted by Crippen LogP contribution is 2.28. The minimum atomic E-state index is -0.774. The van der Waals surface area contributed by atoms with Crippen LogP contribution in [0.3, 0.4) is 0 Å². The molecule has 1 atom stereocenters. The molecule has 5 rings (SSSR count). The number of aromatic amines is 1. The number of hydrogen-bond donors (Lipinski definition) is 4. The third-order valence-electron chi connectivity index (χ3n) is 5.69. The highest BCUT2D eigenvalue weighted by Gasteiger charge is 2.17. The van der Waals surface area contributed by atoms with Gasteiger partial charge in [0.2, 0.25) is 0 Å². The van der Waals surface area contributed by atoms with Gasteiger partial charge in [0, 0.05) is 34.6 Å². The normalized spacial score (nSPS) is 13.3. The second kappa shape index (κ2) is 10.1. The summed E-state index contributed by atoms with van der Waals surface area (Å²) >= 11 is 0. The van der Waals surface area contributed by atoms with Crippen molar-refractivity contribution in [2.45, 2.75) is 12.6 Å². The molecule has 1 aliphatic rings. The van der Waals surface area contributed by atoms with Crippen molar-refractivity contribution < 1.29 is 9.90 Å². The van der Waals surface area contributed by atoms with E-state index >= 15 is 0 Å². The molecule has 0 spiro atoms. The molecule has 0 radical (unpaired) electrons. The molecule has 0 saturated carbocycles. The van der Waals surface area contributed by atoms with Crippen LogP contribution < -0.4 is 10.6 Å². The number of aliphatic hydroxyl groups is 1. The van der Waals surface area contributed by atoms with Crippen LogP contribution in [-0.2, 0) is 6.54 Å². The number of carbonyl (C=O) groups excluding carboxylic acids is 1. The molecule has 2 heterocycles. The highest BCUT2D eigenvalue weighted by atomic mass is 16.3. The van der Waals surface area contributed by atoms with E-state index in [0.717, 1.165) is 28.1 Å². The van der Waals surface area contributed by atoms with E-state index in [9.17, 15) is 9.90 Å². The molecule has 4 aromatic rings. The van der Waals surface area contributed by atoms with Crippen LogP contribution >= 0.6 is 0 Å². The predicted molar refractivity (Wildman–Crippen MR) is 134 cm³/mol. The predicted octanol–water partition coefficient (Wildman–Crippen LogP) is 4.53. The van der Waals surface area contributed by atoms with Gasteiger partial charge in [-0.1, -0.05) is 60.7 Å². The van der Waals surface area contributed by atoms with Crippen molar-refractivity contribution in [3.05, 3.63) is 113 Å². The molecule has 0 fully saturated rings. The van der Waals surface area contributed by atoms with E-state index in [0.29, 0.717) is 30.0 Å². The molecule has 174 valence electrons. The van der Waals surface area contributed by atoms with Crippen LogP contribution in [0.2, 0.25) is 0 Å². The van der Waals surface area contributed by atoms with Crippen molar-refractivity contribution >= 4 is 23.0 Å². The van der Waals surface area contributed by atoms with Gasteiger partial charge >= 0.3 is 0 Å². The number of nitrogens with one attached hydrogen (secondary N) is 3. The van der Waals surface area contributed by atoms with Crippen molar-refractivity contribution in [1.82, 2.24) is 10.2 Å². The summed E-state index contributed by atoms with van der Waals surface area (Å²) in [6.45, 7) is 0.770. The van der Waals surface area contributed by atoms with Crippen molar-refractivity contribution in [1.29, 1.82) is 0 Å². The van der Waals surface area contributed by atoms with Gasteiger partial charge in [0.25, 0.3) is 5.91 Å². The van der Waals surface area contributed by atoms with Crippen LogP contribution in [0, 0.1) is 0 Å². The molecule has 0 unspecified atom stereocenters. The third-order valence-corrected chi connectivity index (χ3v) is 5.69. The third kappa shape index (κ3) is 4.99. The number of aromatic nitrogens is 2. The van der Waals surface area contributed by atoms with E-state index in [4.69, 9.17) is 0 Å². The summed E-state index contributed by atoms with van der Waals surface area (Å²) in [4.78, 5) is 13.0. The summed E-state index contributed by atoms with van der Waals surface area (Å²) in [7, 11) is 0. The molecule has 0 aliphatic carbocycles. The lowest BCUT2D eigenvalue weighted by Gasteiger charge is -2.17. The van der Waals surface area contributed by atoms with Crippen LogP contribution in [0.25, 0.3) is 0 Å². The molecule has 9 nitrogen and oxygen atoms in total. The molecule has 9 heteroatoms. The molecule has 1 aromatic heterocycles. The van der Waals surface area contributed by atoms with Gasteiger partial charge in [-0.3, -0.25) is 9.89 Å². The van der Waals surface area contributed by atoms with E-state index in [2.05, 4.69) is 36.3 Å². The summed E-state index contributed by atoms with van der Waals surface area (Å²) in [5.41, 5.74) is 5.62. The Balaban J connectivity index is 1.29. The Bertz CT molecular complexity index is 1400. The van der Waals surface area contributed by atoms with Gasteiger partial charge in [0.1, 0.15) is 18.3 Å². The summed E-state index contributed by atoms with van der Waals surface area (Å²) in [5.74, 6) is -0.309. The van der Waals surface area contributed by atoms with Crippen LogP contribution in [-0.4, -0.2) is 33.5 Å². The van der Waals surface area contributed by atoms with Gasteiger partial charge in [0.15, 0.2) is 0 Å². The fourth-order valence-electron chi connectivity index (χ4n) is 3.88. The zero-order valence-electron chi connectivity index (χ0n) is 18.7. The molecule has 0 saturated heterocycles. The van der Waals surface area contributed by atoms with Crippen LogP contribution in [0.5, 0.6) is 0 Å². The summed E-state index contributed by atoms with van der Waals surface area (Å²) in [5, 5.41) is 35.5. The zero-order valence-corrected chi connectivity index (χ0v) is 18.7. The Labute approximate surface area is 201 Å². The first-order chi connectivity index (χ1) is 17.2. The maximum Gasteiger partial charge on any atom is 0.274 e. The fourth-order valence-corrected chi connectivity index (χ4v) is 3.88. The maximum atomic E-state index is 13.0. The minimum Gasteiger partial charge on any atom is -0.384 e. The van der Waals surface area contributed by atoms with E-state index in [1.165, 1.54) is 0 Å². The zero-order chi connectivity index (χ0) is 24.0. The van der Waals surface area contributed by atoms with Crippen LogP contribution in [0.4, 0.5) is 11.4 Å². The number of hydrogen-bond acceptors (Lipinski definition) is 7. The average Bonchev–Trinajstić information content (AvgIpc) is 3.61. The standard InChI is InChI=1S/C26H23N7O2/c34-25(17-7-2-1-3-8-17)21-11-4-5-12-22(21)27-14-19-15-28-32-24(19)26(35)30-20-10-6-9-18(13-20)23-16-29-33-31-23/h1-13,15,25,27,34H,14,16H2,(H,28,32)(H,30,35)/t25-/m1/s1. The molecule has 1 amide bonds. The topological polar surface area (TPSA) is 127 Å². The Morgan fingerprint density at radius 3 is 2.69 bits per heavy atom. The number of H-pyrrole nitrogens is 1. The van der Waals surface area contributed by atoms with E-state index in [-0.39, 0.29) is 5.91 Å². The summed E-state index contributed by atoms with van der Waals surface area (Å²) in [6.07, 6.45) is 0.842. The van der Waals surface area contributed by atoms with Crippen molar-refractivity contribution in [3.63, 3.8) is 0 Å². The Kier molecular flexibility index (Phi) is 6.40. The quantitative estimate of drug-likeness (QED) is 0.305.